The Kier molecular flexibility index (Phi) is 9.09. The van der Waals surface area contributed by atoms with Crippen LogP contribution in [0, 0.1) is 21.8 Å². The maximum Gasteiger partial charge on any atom is 0.266 e. The summed E-state index contributed by atoms with van der Waals surface area (Å²) in [5.74, 6) is 0.426. The van der Waals surface area contributed by atoms with E-state index in [9.17, 15) is 10.1 Å². The number of anilines is 1. The second kappa shape index (κ2) is 11.8. The van der Waals surface area contributed by atoms with Crippen LogP contribution < -0.4 is 14.8 Å². The van der Waals surface area contributed by atoms with Gasteiger partial charge in [-0.05, 0) is 83.1 Å². The number of methoxy groups -OCH3 is 1. The molecule has 0 atom stereocenters. The lowest BCUT2D eigenvalue weighted by Crippen LogP contribution is -2.14. The number of nitrogens with one attached hydrogen (secondary N) is 1. The third-order valence-corrected chi connectivity index (χ3v) is 6.63. The smallest absolute Gasteiger partial charge is 0.266 e. The average molecular weight is 628 g/mol. The zero-order chi connectivity index (χ0) is 24.8. The van der Waals surface area contributed by atoms with Crippen LogP contribution in [0.4, 0.5) is 5.69 Å². The minimum Gasteiger partial charge on any atom is -0.493 e. The monoisotopic (exact) mass is 626 g/mol. The highest BCUT2D eigenvalue weighted by Gasteiger charge is 2.16. The van der Waals surface area contributed by atoms with E-state index in [0.29, 0.717) is 43.4 Å². The summed E-state index contributed by atoms with van der Waals surface area (Å²) < 4.78 is 12.2. The summed E-state index contributed by atoms with van der Waals surface area (Å²) >= 11 is 20.4. The molecule has 0 unspecified atom stereocenters. The number of nitrogens with zero attached hydrogens (tertiary/aromatic N) is 1. The van der Waals surface area contributed by atoms with Gasteiger partial charge in [0.1, 0.15) is 18.2 Å². The van der Waals surface area contributed by atoms with Gasteiger partial charge in [-0.1, -0.05) is 46.9 Å². The van der Waals surface area contributed by atoms with Crippen LogP contribution in [0.2, 0.25) is 15.1 Å². The maximum atomic E-state index is 12.7. The van der Waals surface area contributed by atoms with Gasteiger partial charge in [0, 0.05) is 26.3 Å². The number of nitriles is 1. The lowest BCUT2D eigenvalue weighted by atomic mass is 10.1. The fourth-order valence-electron chi connectivity index (χ4n) is 3.00. The lowest BCUT2D eigenvalue weighted by molar-refractivity contribution is -0.112. The zero-order valence-electron chi connectivity index (χ0n) is 18.1. The van der Waals surface area contributed by atoms with Crippen molar-refractivity contribution in [1.82, 2.24) is 0 Å². The topological polar surface area (TPSA) is 71.3 Å². The fourth-order valence-corrected chi connectivity index (χ4v) is 4.42. The van der Waals surface area contributed by atoms with Gasteiger partial charge in [0.15, 0.2) is 11.5 Å². The number of carbonyl (C=O) groups excluding carboxylic acids is 1. The summed E-state index contributed by atoms with van der Waals surface area (Å²) in [6, 6.07) is 15.8. The average Bonchev–Trinajstić information content (AvgIpc) is 2.80. The molecule has 0 aromatic heterocycles. The highest BCUT2D eigenvalue weighted by atomic mass is 127. The van der Waals surface area contributed by atoms with Gasteiger partial charge in [0.05, 0.1) is 10.7 Å². The molecule has 0 spiro atoms. The van der Waals surface area contributed by atoms with E-state index in [1.165, 1.54) is 13.2 Å². The van der Waals surface area contributed by atoms with Crippen LogP contribution in [0.5, 0.6) is 11.5 Å². The minimum absolute atomic E-state index is 0.0705. The van der Waals surface area contributed by atoms with Gasteiger partial charge in [-0.3, -0.25) is 4.79 Å². The number of carbonyl (C=O) groups is 1. The van der Waals surface area contributed by atoms with E-state index in [1.807, 2.05) is 6.07 Å². The van der Waals surface area contributed by atoms with Gasteiger partial charge in [-0.25, -0.2) is 0 Å². The van der Waals surface area contributed by atoms with Crippen molar-refractivity contribution in [3.63, 3.8) is 0 Å². The van der Waals surface area contributed by atoms with Crippen LogP contribution >= 0.6 is 57.4 Å². The van der Waals surface area contributed by atoms with Crippen LogP contribution in [0.1, 0.15) is 16.7 Å². The van der Waals surface area contributed by atoms with E-state index in [-0.39, 0.29) is 12.2 Å². The number of halogens is 4. The van der Waals surface area contributed by atoms with E-state index in [1.54, 1.807) is 55.5 Å². The molecule has 0 saturated carbocycles. The van der Waals surface area contributed by atoms with Crippen LogP contribution in [0.3, 0.4) is 0 Å². The first kappa shape index (κ1) is 26.2. The predicted octanol–water partition coefficient (Wildman–Crippen LogP) is 7.69. The Bertz CT molecular complexity index is 1320. The number of hydrogen-bond acceptors (Lipinski definition) is 4. The molecule has 9 heteroatoms. The van der Waals surface area contributed by atoms with Crippen molar-refractivity contribution < 1.29 is 14.3 Å². The Morgan fingerprint density at radius 2 is 1.91 bits per heavy atom. The number of rotatable bonds is 7. The third kappa shape index (κ3) is 6.36. The first-order chi connectivity index (χ1) is 16.2. The van der Waals surface area contributed by atoms with Crippen molar-refractivity contribution in [2.45, 2.75) is 13.5 Å². The first-order valence-electron chi connectivity index (χ1n) is 9.86. The molecule has 174 valence electrons. The van der Waals surface area contributed by atoms with Crippen LogP contribution in [0.15, 0.2) is 54.1 Å². The maximum absolute atomic E-state index is 12.7. The van der Waals surface area contributed by atoms with E-state index in [4.69, 9.17) is 44.3 Å². The third-order valence-electron chi connectivity index (χ3n) is 4.83. The Labute approximate surface area is 226 Å². The highest BCUT2D eigenvalue weighted by Crippen LogP contribution is 2.36. The molecule has 0 aliphatic heterocycles. The molecule has 0 radical (unpaired) electrons. The molecule has 0 aliphatic carbocycles. The summed E-state index contributed by atoms with van der Waals surface area (Å²) in [6.45, 7) is 2.00. The molecule has 3 rings (SSSR count). The second-order valence-electron chi connectivity index (χ2n) is 7.09. The largest absolute Gasteiger partial charge is 0.493 e. The Balaban J connectivity index is 1.84. The number of amides is 1. The SMILES string of the molecule is COc1cc(/C=C(/C#N)C(=O)Nc2cccc(Cl)c2C)cc(I)c1OCc1ccc(Cl)cc1Cl. The summed E-state index contributed by atoms with van der Waals surface area (Å²) in [5.41, 5.74) is 2.56. The van der Waals surface area contributed by atoms with Crippen LogP contribution in [-0.4, -0.2) is 13.0 Å². The van der Waals surface area contributed by atoms with Gasteiger partial charge in [-0.15, -0.1) is 0 Å². The highest BCUT2D eigenvalue weighted by molar-refractivity contribution is 14.1. The van der Waals surface area contributed by atoms with Gasteiger partial charge in [-0.2, -0.15) is 5.26 Å². The summed E-state index contributed by atoms with van der Waals surface area (Å²) in [4.78, 5) is 12.7. The molecular weight excluding hydrogens is 610 g/mol. The fraction of sp³-hybridized carbons (Fsp3) is 0.120. The number of hydrogen-bond donors (Lipinski definition) is 1. The van der Waals surface area contributed by atoms with Gasteiger partial charge in [0.25, 0.3) is 5.91 Å². The van der Waals surface area contributed by atoms with Crippen molar-refractivity contribution >= 4 is 75.1 Å². The molecule has 5 nitrogen and oxygen atoms in total. The standard InChI is InChI=1S/C25H18Cl3IN2O3/c1-14-19(27)4-3-5-22(14)31-25(32)17(12-30)8-15-9-21(29)24(23(10-15)33-2)34-13-16-6-7-18(26)11-20(16)28/h3-11H,13H2,1-2H3,(H,31,32)/b17-8-. The minimum atomic E-state index is -0.542. The molecule has 1 N–H and O–H groups in total. The normalized spacial score (nSPS) is 11.0. The van der Waals surface area contributed by atoms with Crippen molar-refractivity contribution in [2.24, 2.45) is 0 Å². The molecule has 0 aliphatic rings. The Morgan fingerprint density at radius 1 is 1.15 bits per heavy atom. The molecule has 0 heterocycles. The van der Waals surface area contributed by atoms with E-state index in [2.05, 4.69) is 27.9 Å². The van der Waals surface area contributed by atoms with E-state index < -0.39 is 5.91 Å². The molecule has 0 fully saturated rings. The second-order valence-corrected chi connectivity index (χ2v) is 9.51. The molecule has 3 aromatic rings. The number of benzene rings is 3. The van der Waals surface area contributed by atoms with Crippen molar-refractivity contribution in [3.8, 4) is 17.6 Å². The predicted molar refractivity (Wildman–Crippen MR) is 145 cm³/mol. The van der Waals surface area contributed by atoms with Crippen LogP contribution in [-0.2, 0) is 11.4 Å². The van der Waals surface area contributed by atoms with E-state index in [0.717, 1.165) is 9.13 Å². The molecule has 34 heavy (non-hydrogen) atoms. The van der Waals surface area contributed by atoms with Gasteiger partial charge >= 0.3 is 0 Å². The van der Waals surface area contributed by atoms with Crippen molar-refractivity contribution in [3.05, 3.63) is 89.4 Å². The molecule has 1 amide bonds. The molecule has 0 saturated heterocycles. The molecule has 3 aromatic carbocycles. The first-order valence-corrected chi connectivity index (χ1v) is 12.1. The van der Waals surface area contributed by atoms with Gasteiger partial charge in [0.2, 0.25) is 0 Å². The van der Waals surface area contributed by atoms with Crippen molar-refractivity contribution in [2.75, 3.05) is 12.4 Å². The van der Waals surface area contributed by atoms with Crippen molar-refractivity contribution in [1.29, 1.82) is 5.26 Å². The summed E-state index contributed by atoms with van der Waals surface area (Å²) in [7, 11) is 1.51. The summed E-state index contributed by atoms with van der Waals surface area (Å²) in [5, 5.41) is 13.9. The molecule has 0 bridgehead atoms. The quantitative estimate of drug-likeness (QED) is 0.166. The van der Waals surface area contributed by atoms with Gasteiger partial charge < -0.3 is 14.8 Å². The summed E-state index contributed by atoms with van der Waals surface area (Å²) in [6.07, 6.45) is 1.49. The van der Waals surface area contributed by atoms with Crippen LogP contribution in [0.25, 0.3) is 6.08 Å². The van der Waals surface area contributed by atoms with E-state index >= 15 is 0 Å². The lowest BCUT2D eigenvalue weighted by Gasteiger charge is -2.14. The molecular formula is C25H18Cl3IN2O3. The Hall–Kier alpha value is -2.44. The Morgan fingerprint density at radius 3 is 2.59 bits per heavy atom. The zero-order valence-corrected chi connectivity index (χ0v) is 22.5. The number of ether oxygens (including phenoxy) is 2.